The van der Waals surface area contributed by atoms with Crippen LogP contribution in [0.25, 0.3) is 22.3 Å². The van der Waals surface area contributed by atoms with E-state index < -0.39 is 21.8 Å². The van der Waals surface area contributed by atoms with Gasteiger partial charge in [0.1, 0.15) is 22.9 Å². The molecule has 3 aromatic heterocycles. The van der Waals surface area contributed by atoms with Gasteiger partial charge in [0.2, 0.25) is 5.95 Å². The van der Waals surface area contributed by atoms with Gasteiger partial charge >= 0.3 is 0 Å². The first-order valence-corrected chi connectivity index (χ1v) is 15.8. The van der Waals surface area contributed by atoms with Crippen molar-refractivity contribution in [2.45, 2.75) is 53.6 Å². The lowest BCUT2D eigenvalue weighted by atomic mass is 10.1. The summed E-state index contributed by atoms with van der Waals surface area (Å²) in [5.41, 5.74) is 3.18. The number of fused-ring (bicyclic) bond motifs is 1. The second-order valence-corrected chi connectivity index (χ2v) is 12.6. The highest BCUT2D eigenvalue weighted by Gasteiger charge is 2.21. The summed E-state index contributed by atoms with van der Waals surface area (Å²) in [5, 5.41) is 3.08. The Kier molecular flexibility index (Phi) is 9.62. The standard InChI is InChI=1S/C28H34F2N8.CH4O3S/c1-16(2)36-9-11-37(12-10-36)23-7-8-25(32-18(23)5)34-28-31-15-22(30)26(35-28)20-13-21(29)27-24(14-20)38(17(3)4)19(6)33-27;1-5(2,3)4/h7-8,13-17H,9-12H2,1-6H3,(H,31,32,34,35);1H3,(H,2,3,4). The van der Waals surface area contributed by atoms with E-state index in [1.807, 2.05) is 44.4 Å². The minimum absolute atomic E-state index is 0.00817. The molecule has 0 atom stereocenters. The predicted octanol–water partition coefficient (Wildman–Crippen LogP) is 5.14. The van der Waals surface area contributed by atoms with Crippen molar-refractivity contribution in [3.8, 4) is 11.3 Å². The van der Waals surface area contributed by atoms with Crippen molar-refractivity contribution in [2.24, 2.45) is 0 Å². The van der Waals surface area contributed by atoms with Crippen LogP contribution in [0.5, 0.6) is 0 Å². The number of hydrogen-bond acceptors (Lipinski definition) is 9. The summed E-state index contributed by atoms with van der Waals surface area (Å²) in [7, 11) is -3.67. The number of piperazine rings is 1. The topological polar surface area (TPSA) is 129 Å². The van der Waals surface area contributed by atoms with E-state index in [2.05, 4.69) is 43.9 Å². The molecule has 2 N–H and O–H groups in total. The molecule has 5 rings (SSSR count). The van der Waals surface area contributed by atoms with Crippen molar-refractivity contribution in [1.29, 1.82) is 0 Å². The van der Waals surface area contributed by atoms with Crippen molar-refractivity contribution in [1.82, 2.24) is 29.4 Å². The first-order valence-electron chi connectivity index (χ1n) is 14.0. The van der Waals surface area contributed by atoms with E-state index in [0.29, 0.717) is 35.0 Å². The van der Waals surface area contributed by atoms with Gasteiger partial charge in [-0.15, -0.1) is 0 Å². The summed E-state index contributed by atoms with van der Waals surface area (Å²) >= 11 is 0. The largest absolute Gasteiger partial charge is 0.368 e. The van der Waals surface area contributed by atoms with E-state index in [1.54, 1.807) is 6.07 Å². The molecular weight excluding hydrogens is 578 g/mol. The molecule has 1 saturated heterocycles. The third kappa shape index (κ3) is 7.80. The van der Waals surface area contributed by atoms with Crippen LogP contribution in [0.2, 0.25) is 0 Å². The summed E-state index contributed by atoms with van der Waals surface area (Å²) < 4.78 is 57.7. The van der Waals surface area contributed by atoms with Crippen LogP contribution in [-0.2, 0) is 10.1 Å². The SMILES string of the molecule is CS(=O)(=O)O.Cc1nc(Nc2ncc(F)c(-c3cc(F)c4nc(C)n(C(C)C)c4c3)n2)ccc1N1CCN(C(C)C)CC1. The van der Waals surface area contributed by atoms with Gasteiger partial charge in [-0.25, -0.2) is 28.7 Å². The number of anilines is 3. The number of nitrogens with one attached hydrogen (secondary N) is 1. The zero-order valence-corrected chi connectivity index (χ0v) is 26.2. The number of aryl methyl sites for hydroxylation is 2. The molecule has 0 unspecified atom stereocenters. The van der Waals surface area contributed by atoms with Gasteiger partial charge in [-0.05, 0) is 65.8 Å². The summed E-state index contributed by atoms with van der Waals surface area (Å²) in [5.74, 6) is 0.278. The molecule has 14 heteroatoms. The fourth-order valence-electron chi connectivity index (χ4n) is 5.24. The quantitative estimate of drug-likeness (QED) is 0.281. The highest BCUT2D eigenvalue weighted by molar-refractivity contribution is 7.85. The number of nitrogens with zero attached hydrogens (tertiary/aromatic N) is 7. The summed E-state index contributed by atoms with van der Waals surface area (Å²) in [6, 6.07) is 7.52. The lowest BCUT2D eigenvalue weighted by Crippen LogP contribution is -2.49. The van der Waals surface area contributed by atoms with Crippen LogP contribution in [0, 0.1) is 25.5 Å². The first kappa shape index (κ1) is 32.2. The van der Waals surface area contributed by atoms with Gasteiger partial charge in [0.25, 0.3) is 10.1 Å². The molecule has 0 spiro atoms. The van der Waals surface area contributed by atoms with Crippen LogP contribution >= 0.6 is 0 Å². The maximum absolute atomic E-state index is 15.0. The van der Waals surface area contributed by atoms with Gasteiger partial charge < -0.3 is 14.8 Å². The van der Waals surface area contributed by atoms with Gasteiger partial charge in [-0.3, -0.25) is 9.45 Å². The Hall–Kier alpha value is -3.75. The van der Waals surface area contributed by atoms with E-state index >= 15 is 0 Å². The fourth-order valence-corrected chi connectivity index (χ4v) is 5.24. The van der Waals surface area contributed by atoms with Crippen molar-refractivity contribution < 1.29 is 21.8 Å². The molecule has 43 heavy (non-hydrogen) atoms. The first-order chi connectivity index (χ1) is 20.1. The Bertz CT molecular complexity index is 1710. The number of rotatable bonds is 6. The molecule has 1 aliphatic rings. The molecule has 0 saturated carbocycles. The highest BCUT2D eigenvalue weighted by Crippen LogP contribution is 2.31. The van der Waals surface area contributed by atoms with Crippen molar-refractivity contribution >= 4 is 38.6 Å². The smallest absolute Gasteiger partial charge is 0.261 e. The monoisotopic (exact) mass is 616 g/mol. The van der Waals surface area contributed by atoms with Crippen LogP contribution in [0.3, 0.4) is 0 Å². The number of aromatic nitrogens is 5. The van der Waals surface area contributed by atoms with Gasteiger partial charge in [0, 0.05) is 43.8 Å². The van der Waals surface area contributed by atoms with Gasteiger partial charge in [0.15, 0.2) is 11.6 Å². The fraction of sp³-hybridized carbons (Fsp3) is 0.448. The Balaban J connectivity index is 0.000000782. The molecule has 4 aromatic rings. The molecule has 0 amide bonds. The molecule has 11 nitrogen and oxygen atoms in total. The highest BCUT2D eigenvalue weighted by atomic mass is 32.2. The second kappa shape index (κ2) is 12.9. The average Bonchev–Trinajstić information content (AvgIpc) is 3.25. The Morgan fingerprint density at radius 3 is 2.16 bits per heavy atom. The Morgan fingerprint density at radius 2 is 1.58 bits per heavy atom. The van der Waals surface area contributed by atoms with E-state index in [-0.39, 0.29) is 23.2 Å². The minimum Gasteiger partial charge on any atom is -0.368 e. The molecule has 1 aromatic carbocycles. The summed E-state index contributed by atoms with van der Waals surface area (Å²) in [6.07, 6.45) is 1.81. The molecule has 0 radical (unpaired) electrons. The van der Waals surface area contributed by atoms with Crippen LogP contribution in [0.15, 0.2) is 30.5 Å². The summed E-state index contributed by atoms with van der Waals surface area (Å²) in [6.45, 7) is 16.2. The number of halogens is 2. The van der Waals surface area contributed by atoms with E-state index in [4.69, 9.17) is 9.54 Å². The Morgan fingerprint density at radius 1 is 0.930 bits per heavy atom. The van der Waals surface area contributed by atoms with E-state index in [1.165, 1.54) is 6.07 Å². The maximum atomic E-state index is 15.0. The lowest BCUT2D eigenvalue weighted by molar-refractivity contribution is 0.209. The number of imidazole rings is 1. The van der Waals surface area contributed by atoms with Gasteiger partial charge in [-0.2, -0.15) is 8.42 Å². The van der Waals surface area contributed by atoms with Crippen LogP contribution in [0.4, 0.5) is 26.2 Å². The second-order valence-electron chi connectivity index (χ2n) is 11.1. The molecule has 0 aliphatic carbocycles. The number of benzene rings is 1. The van der Waals surface area contributed by atoms with E-state index in [0.717, 1.165) is 43.8 Å². The number of pyridine rings is 1. The molecular formula is C29H38F2N8O3S. The average molecular weight is 617 g/mol. The van der Waals surface area contributed by atoms with Crippen molar-refractivity contribution in [2.75, 3.05) is 42.7 Å². The van der Waals surface area contributed by atoms with Crippen LogP contribution in [0.1, 0.15) is 45.3 Å². The molecule has 1 aliphatic heterocycles. The normalized spacial score (nSPS) is 14.4. The van der Waals surface area contributed by atoms with Crippen LogP contribution < -0.4 is 10.2 Å². The zero-order valence-electron chi connectivity index (χ0n) is 25.4. The van der Waals surface area contributed by atoms with Crippen molar-refractivity contribution in [3.63, 3.8) is 0 Å². The van der Waals surface area contributed by atoms with Gasteiger partial charge in [0.05, 0.1) is 29.4 Å². The lowest BCUT2D eigenvalue weighted by Gasteiger charge is -2.38. The van der Waals surface area contributed by atoms with Crippen molar-refractivity contribution in [3.05, 3.63) is 53.6 Å². The number of hydrogen-bond donors (Lipinski definition) is 2. The maximum Gasteiger partial charge on any atom is 0.261 e. The zero-order chi connectivity index (χ0) is 31.6. The third-order valence-electron chi connectivity index (χ3n) is 7.14. The minimum atomic E-state index is -3.67. The molecule has 4 heterocycles. The molecule has 232 valence electrons. The predicted molar refractivity (Wildman–Crippen MR) is 164 cm³/mol. The van der Waals surface area contributed by atoms with Gasteiger partial charge in [-0.1, -0.05) is 0 Å². The summed E-state index contributed by atoms with van der Waals surface area (Å²) in [4.78, 5) is 22.4. The van der Waals surface area contributed by atoms with E-state index in [9.17, 15) is 17.2 Å². The molecule has 1 fully saturated rings. The van der Waals surface area contributed by atoms with Crippen LogP contribution in [-0.4, -0.2) is 80.9 Å². The Labute approximate surface area is 250 Å². The molecule has 0 bridgehead atoms. The third-order valence-corrected chi connectivity index (χ3v) is 7.14.